The van der Waals surface area contributed by atoms with Crippen LogP contribution in [0.1, 0.15) is 16.7 Å². The molecule has 0 spiro atoms. The number of benzene rings is 2. The molecule has 25 heavy (non-hydrogen) atoms. The van der Waals surface area contributed by atoms with Crippen molar-refractivity contribution in [1.29, 1.82) is 0 Å². The molecular weight excluding hydrogens is 401 g/mol. The zero-order valence-electron chi connectivity index (χ0n) is 13.1. The smallest absolute Gasteiger partial charge is 0.416 e. The fraction of sp³-hybridized carbons (Fsp3) is 0.176. The first-order valence-electron chi connectivity index (χ1n) is 7.11. The number of nitrogens with zero attached hydrogens (tertiary/aromatic N) is 1. The first-order valence-corrected chi connectivity index (χ1v) is 7.90. The number of nitrogens with one attached hydrogen (secondary N) is 1. The minimum atomic E-state index is -4.44. The number of ether oxygens (including phenoxy) is 1. The van der Waals surface area contributed by atoms with E-state index in [1.54, 1.807) is 18.2 Å². The molecule has 2 aromatic carbocycles. The van der Waals surface area contributed by atoms with Gasteiger partial charge in [-0.25, -0.2) is 5.43 Å². The van der Waals surface area contributed by atoms with Gasteiger partial charge in [-0.3, -0.25) is 4.79 Å². The Labute approximate surface area is 150 Å². The van der Waals surface area contributed by atoms with E-state index >= 15 is 0 Å². The molecule has 0 saturated carbocycles. The summed E-state index contributed by atoms with van der Waals surface area (Å²) in [7, 11) is 1.51. The van der Waals surface area contributed by atoms with Crippen molar-refractivity contribution in [2.45, 2.75) is 12.6 Å². The summed E-state index contributed by atoms with van der Waals surface area (Å²) in [5, 5.41) is 3.81. The minimum absolute atomic E-state index is 0.211. The van der Waals surface area contributed by atoms with Crippen LogP contribution in [0.5, 0.6) is 5.75 Å². The molecule has 0 atom stereocenters. The van der Waals surface area contributed by atoms with Crippen molar-refractivity contribution < 1.29 is 22.7 Å². The predicted molar refractivity (Wildman–Crippen MR) is 91.6 cm³/mol. The lowest BCUT2D eigenvalue weighted by Gasteiger charge is -2.08. The van der Waals surface area contributed by atoms with Crippen LogP contribution in [0.4, 0.5) is 13.2 Å². The summed E-state index contributed by atoms with van der Waals surface area (Å²) >= 11 is 3.32. The molecule has 0 heterocycles. The molecule has 2 aromatic rings. The molecule has 2 rings (SSSR count). The molecule has 0 aliphatic rings. The largest absolute Gasteiger partial charge is 0.496 e. The van der Waals surface area contributed by atoms with E-state index in [0.717, 1.165) is 16.6 Å². The number of carbonyl (C=O) groups is 1. The maximum absolute atomic E-state index is 12.7. The van der Waals surface area contributed by atoms with Crippen molar-refractivity contribution in [3.05, 3.63) is 63.6 Å². The summed E-state index contributed by atoms with van der Waals surface area (Å²) in [5.41, 5.74) is 2.38. The van der Waals surface area contributed by atoms with Crippen LogP contribution in [-0.4, -0.2) is 19.2 Å². The van der Waals surface area contributed by atoms with E-state index in [4.69, 9.17) is 4.74 Å². The average Bonchev–Trinajstić information content (AvgIpc) is 2.54. The van der Waals surface area contributed by atoms with Gasteiger partial charge in [0.2, 0.25) is 5.91 Å². The summed E-state index contributed by atoms with van der Waals surface area (Å²) in [6.45, 7) is 0. The lowest BCUT2D eigenvalue weighted by Crippen LogP contribution is -2.20. The van der Waals surface area contributed by atoms with Crippen LogP contribution in [0.15, 0.2) is 52.0 Å². The quantitative estimate of drug-likeness (QED) is 0.589. The zero-order valence-corrected chi connectivity index (χ0v) is 14.7. The second-order valence-electron chi connectivity index (χ2n) is 5.05. The molecule has 0 radical (unpaired) electrons. The van der Waals surface area contributed by atoms with E-state index in [2.05, 4.69) is 26.5 Å². The number of methoxy groups -OCH3 is 1. The van der Waals surface area contributed by atoms with Crippen LogP contribution < -0.4 is 10.2 Å². The molecule has 4 nitrogen and oxygen atoms in total. The molecule has 1 N–H and O–H groups in total. The number of hydrogen-bond acceptors (Lipinski definition) is 3. The normalized spacial score (nSPS) is 11.6. The molecule has 0 bridgehead atoms. The molecule has 8 heteroatoms. The van der Waals surface area contributed by atoms with Crippen molar-refractivity contribution >= 4 is 28.1 Å². The van der Waals surface area contributed by atoms with Crippen LogP contribution in [0.3, 0.4) is 0 Å². The van der Waals surface area contributed by atoms with E-state index in [1.807, 2.05) is 0 Å². The number of amides is 1. The first kappa shape index (κ1) is 19.0. The lowest BCUT2D eigenvalue weighted by molar-refractivity contribution is -0.137. The van der Waals surface area contributed by atoms with E-state index in [0.29, 0.717) is 11.3 Å². The number of alkyl halides is 3. The Morgan fingerprint density at radius 3 is 2.72 bits per heavy atom. The van der Waals surface area contributed by atoms with E-state index in [1.165, 1.54) is 25.5 Å². The topological polar surface area (TPSA) is 50.7 Å². The molecule has 132 valence electrons. The maximum Gasteiger partial charge on any atom is 0.416 e. The Morgan fingerprint density at radius 2 is 2.04 bits per heavy atom. The third-order valence-corrected chi connectivity index (χ3v) is 3.70. The highest BCUT2D eigenvalue weighted by Gasteiger charge is 2.30. The maximum atomic E-state index is 12.7. The van der Waals surface area contributed by atoms with E-state index in [9.17, 15) is 18.0 Å². The number of halogens is 4. The van der Waals surface area contributed by atoms with Crippen LogP contribution in [0, 0.1) is 0 Å². The van der Waals surface area contributed by atoms with Crippen LogP contribution in [-0.2, 0) is 17.4 Å². The predicted octanol–water partition coefficient (Wildman–Crippen LogP) is 4.17. The van der Waals surface area contributed by atoms with Gasteiger partial charge in [-0.1, -0.05) is 34.1 Å². The van der Waals surface area contributed by atoms with Gasteiger partial charge in [0.1, 0.15) is 5.75 Å². The fourth-order valence-electron chi connectivity index (χ4n) is 2.06. The summed E-state index contributed by atoms with van der Waals surface area (Å²) in [5.74, 6) is 0.0450. The van der Waals surface area contributed by atoms with Gasteiger partial charge in [-0.2, -0.15) is 18.3 Å². The van der Waals surface area contributed by atoms with Crippen LogP contribution in [0.2, 0.25) is 0 Å². The molecule has 0 aliphatic heterocycles. The standard InChI is InChI=1S/C17H14BrF3N2O2/c1-25-15-6-5-14(18)9-12(15)10-22-23-16(24)8-11-3-2-4-13(7-11)17(19,20)21/h2-7,9-10H,8H2,1H3,(H,23,24)/b22-10-. The van der Waals surface area contributed by atoms with E-state index < -0.39 is 17.6 Å². The molecule has 0 aliphatic carbocycles. The minimum Gasteiger partial charge on any atom is -0.496 e. The van der Waals surface area contributed by atoms with Gasteiger partial charge in [0, 0.05) is 10.0 Å². The molecular formula is C17H14BrF3N2O2. The summed E-state index contributed by atoms with van der Waals surface area (Å²) in [6.07, 6.45) is -3.26. The second kappa shape index (κ2) is 8.15. The summed E-state index contributed by atoms with van der Waals surface area (Å²) in [4.78, 5) is 11.8. The van der Waals surface area contributed by atoms with Gasteiger partial charge < -0.3 is 4.74 Å². The fourth-order valence-corrected chi connectivity index (χ4v) is 2.44. The highest BCUT2D eigenvalue weighted by Crippen LogP contribution is 2.29. The van der Waals surface area contributed by atoms with Crippen molar-refractivity contribution in [1.82, 2.24) is 5.43 Å². The van der Waals surface area contributed by atoms with Gasteiger partial charge in [0.05, 0.1) is 25.3 Å². The van der Waals surface area contributed by atoms with E-state index in [-0.39, 0.29) is 12.0 Å². The molecule has 0 unspecified atom stereocenters. The van der Waals surface area contributed by atoms with Gasteiger partial charge in [-0.15, -0.1) is 0 Å². The Bertz CT molecular complexity index is 792. The lowest BCUT2D eigenvalue weighted by atomic mass is 10.1. The third kappa shape index (κ3) is 5.60. The molecule has 1 amide bonds. The second-order valence-corrected chi connectivity index (χ2v) is 5.97. The first-order chi connectivity index (χ1) is 11.8. The highest BCUT2D eigenvalue weighted by atomic mass is 79.9. The zero-order chi connectivity index (χ0) is 18.4. The number of hydrogen-bond donors (Lipinski definition) is 1. The Kier molecular flexibility index (Phi) is 6.19. The third-order valence-electron chi connectivity index (χ3n) is 3.20. The molecule has 0 aromatic heterocycles. The average molecular weight is 415 g/mol. The summed E-state index contributed by atoms with van der Waals surface area (Å²) < 4.78 is 44.0. The number of rotatable bonds is 5. The Balaban J connectivity index is 2.01. The van der Waals surface area contributed by atoms with Gasteiger partial charge >= 0.3 is 6.18 Å². The summed E-state index contributed by atoms with van der Waals surface area (Å²) in [6, 6.07) is 9.90. The van der Waals surface area contributed by atoms with Crippen molar-refractivity contribution in [3.8, 4) is 5.75 Å². The Morgan fingerprint density at radius 1 is 1.28 bits per heavy atom. The number of hydrazone groups is 1. The monoisotopic (exact) mass is 414 g/mol. The van der Waals surface area contributed by atoms with Gasteiger partial charge in [0.25, 0.3) is 0 Å². The number of carbonyl (C=O) groups excluding carboxylic acids is 1. The van der Waals surface area contributed by atoms with Crippen LogP contribution >= 0.6 is 15.9 Å². The SMILES string of the molecule is COc1ccc(Br)cc1/C=N\NC(=O)Cc1cccc(C(F)(F)F)c1. The highest BCUT2D eigenvalue weighted by molar-refractivity contribution is 9.10. The molecule has 0 fully saturated rings. The Hall–Kier alpha value is -2.35. The van der Waals surface area contributed by atoms with Crippen molar-refractivity contribution in [2.24, 2.45) is 5.10 Å². The van der Waals surface area contributed by atoms with Gasteiger partial charge in [0.15, 0.2) is 0 Å². The van der Waals surface area contributed by atoms with Crippen LogP contribution in [0.25, 0.3) is 0 Å². The van der Waals surface area contributed by atoms with Gasteiger partial charge in [-0.05, 0) is 29.8 Å². The molecule has 0 saturated heterocycles. The van der Waals surface area contributed by atoms with Crippen molar-refractivity contribution in [2.75, 3.05) is 7.11 Å². The van der Waals surface area contributed by atoms with Crippen molar-refractivity contribution in [3.63, 3.8) is 0 Å².